The molecule has 0 spiro atoms. The summed E-state index contributed by atoms with van der Waals surface area (Å²) in [5.74, 6) is 0.568. The minimum absolute atomic E-state index is 0.00431. The number of anilines is 2. The number of hydrogen-bond donors (Lipinski definition) is 2. The third-order valence-electron chi connectivity index (χ3n) is 3.01. The van der Waals surface area contributed by atoms with Gasteiger partial charge in [0, 0.05) is 6.54 Å². The van der Waals surface area contributed by atoms with Crippen molar-refractivity contribution in [3.8, 4) is 6.01 Å². The van der Waals surface area contributed by atoms with Crippen LogP contribution in [0.15, 0.2) is 0 Å². The van der Waals surface area contributed by atoms with Gasteiger partial charge < -0.3 is 20.5 Å². The number of hydrogen-bond acceptors (Lipinski definition) is 7. The molecule has 0 radical (unpaired) electrons. The fourth-order valence-corrected chi connectivity index (χ4v) is 2.16. The predicted octanol–water partition coefficient (Wildman–Crippen LogP) is 1.61. The summed E-state index contributed by atoms with van der Waals surface area (Å²) < 4.78 is 11.2. The molecule has 0 bridgehead atoms. The highest BCUT2D eigenvalue weighted by Gasteiger charge is 2.14. The molecule has 0 atom stereocenters. The van der Waals surface area contributed by atoms with Crippen LogP contribution in [-0.4, -0.2) is 40.3 Å². The highest BCUT2D eigenvalue weighted by atomic mass is 16.5. The van der Waals surface area contributed by atoms with E-state index >= 15 is 0 Å². The van der Waals surface area contributed by atoms with E-state index in [1.807, 2.05) is 13.8 Å². The van der Waals surface area contributed by atoms with E-state index in [4.69, 9.17) is 15.2 Å². The van der Waals surface area contributed by atoms with Crippen LogP contribution >= 0.6 is 0 Å². The maximum absolute atomic E-state index is 5.75. The highest BCUT2D eigenvalue weighted by Crippen LogP contribution is 2.20. The summed E-state index contributed by atoms with van der Waals surface area (Å²) in [6.45, 7) is 5.09. The van der Waals surface area contributed by atoms with E-state index in [1.165, 1.54) is 25.7 Å². The Kier molecular flexibility index (Phi) is 5.34. The first kappa shape index (κ1) is 14.8. The summed E-state index contributed by atoms with van der Waals surface area (Å²) in [5.41, 5.74) is 5.63. The lowest BCUT2D eigenvalue weighted by Crippen LogP contribution is -2.18. The van der Waals surface area contributed by atoms with Crippen molar-refractivity contribution < 1.29 is 9.47 Å². The largest absolute Gasteiger partial charge is 0.461 e. The zero-order chi connectivity index (χ0) is 14.4. The summed E-state index contributed by atoms with van der Waals surface area (Å²) in [6.07, 6.45) is 5.31. The summed E-state index contributed by atoms with van der Waals surface area (Å²) in [7, 11) is 0. The summed E-state index contributed by atoms with van der Waals surface area (Å²) in [4.78, 5) is 12.1. The lowest BCUT2D eigenvalue weighted by atomic mass is 10.3. The Labute approximate surface area is 119 Å². The quantitative estimate of drug-likeness (QED) is 0.733. The van der Waals surface area contributed by atoms with Gasteiger partial charge in [0.25, 0.3) is 0 Å². The van der Waals surface area contributed by atoms with Gasteiger partial charge in [-0.15, -0.1) is 0 Å². The van der Waals surface area contributed by atoms with Crippen molar-refractivity contribution in [2.75, 3.05) is 24.2 Å². The van der Waals surface area contributed by atoms with Crippen molar-refractivity contribution in [2.24, 2.45) is 0 Å². The van der Waals surface area contributed by atoms with Crippen LogP contribution in [0.1, 0.15) is 39.5 Å². The molecule has 20 heavy (non-hydrogen) atoms. The first-order chi connectivity index (χ1) is 9.63. The van der Waals surface area contributed by atoms with Crippen LogP contribution in [0.3, 0.4) is 0 Å². The van der Waals surface area contributed by atoms with Crippen molar-refractivity contribution >= 4 is 11.9 Å². The van der Waals surface area contributed by atoms with Crippen LogP contribution in [0.4, 0.5) is 11.9 Å². The molecule has 0 aromatic carbocycles. The Morgan fingerprint density at radius 3 is 2.70 bits per heavy atom. The van der Waals surface area contributed by atoms with Gasteiger partial charge in [0.15, 0.2) is 0 Å². The molecule has 1 aliphatic rings. The number of aromatic nitrogens is 3. The van der Waals surface area contributed by atoms with Gasteiger partial charge in [-0.05, 0) is 26.7 Å². The fraction of sp³-hybridized carbons (Fsp3) is 0.769. The van der Waals surface area contributed by atoms with Crippen molar-refractivity contribution in [3.63, 3.8) is 0 Å². The number of nitrogens with two attached hydrogens (primary N) is 1. The molecule has 3 N–H and O–H groups in total. The number of ether oxygens (including phenoxy) is 2. The molecule has 112 valence electrons. The molecular weight excluding hydrogens is 258 g/mol. The van der Waals surface area contributed by atoms with Gasteiger partial charge in [-0.3, -0.25) is 0 Å². The molecule has 1 aliphatic carbocycles. The molecule has 1 fully saturated rings. The van der Waals surface area contributed by atoms with Crippen molar-refractivity contribution in [2.45, 2.75) is 51.7 Å². The summed E-state index contributed by atoms with van der Waals surface area (Å²) in [6, 6.07) is 0.242. The predicted molar refractivity (Wildman–Crippen MR) is 76.7 cm³/mol. The Balaban J connectivity index is 1.77. The van der Waals surface area contributed by atoms with E-state index in [0.29, 0.717) is 25.2 Å². The fourth-order valence-electron chi connectivity index (χ4n) is 2.16. The van der Waals surface area contributed by atoms with E-state index in [-0.39, 0.29) is 18.1 Å². The molecule has 1 saturated carbocycles. The molecule has 7 heteroatoms. The van der Waals surface area contributed by atoms with Crippen LogP contribution in [0, 0.1) is 0 Å². The molecule has 7 nitrogen and oxygen atoms in total. The van der Waals surface area contributed by atoms with E-state index < -0.39 is 0 Å². The van der Waals surface area contributed by atoms with Crippen molar-refractivity contribution in [1.29, 1.82) is 0 Å². The third-order valence-corrected chi connectivity index (χ3v) is 3.01. The molecule has 1 heterocycles. The zero-order valence-electron chi connectivity index (χ0n) is 12.1. The molecule has 0 amide bonds. The first-order valence-corrected chi connectivity index (χ1v) is 7.17. The third kappa shape index (κ3) is 4.80. The normalized spacial score (nSPS) is 15.8. The van der Waals surface area contributed by atoms with E-state index in [9.17, 15) is 0 Å². The van der Waals surface area contributed by atoms with Gasteiger partial charge in [-0.2, -0.15) is 15.0 Å². The Morgan fingerprint density at radius 2 is 2.00 bits per heavy atom. The molecule has 1 aromatic heterocycles. The van der Waals surface area contributed by atoms with E-state index in [2.05, 4.69) is 20.3 Å². The topological polar surface area (TPSA) is 95.2 Å². The summed E-state index contributed by atoms with van der Waals surface area (Å²) >= 11 is 0. The van der Waals surface area contributed by atoms with E-state index in [1.54, 1.807) is 0 Å². The second-order valence-corrected chi connectivity index (χ2v) is 5.17. The van der Waals surface area contributed by atoms with E-state index in [0.717, 1.165) is 0 Å². The van der Waals surface area contributed by atoms with Gasteiger partial charge >= 0.3 is 6.01 Å². The first-order valence-electron chi connectivity index (χ1n) is 7.17. The Bertz CT molecular complexity index is 421. The molecule has 2 rings (SSSR count). The van der Waals surface area contributed by atoms with Crippen LogP contribution < -0.4 is 15.8 Å². The van der Waals surface area contributed by atoms with Gasteiger partial charge in [0.2, 0.25) is 11.9 Å². The standard InChI is InChI=1S/C13H23N5O2/c1-9(2)20-13-17-11(14)16-12(18-13)15-7-8-19-10-5-3-4-6-10/h9-10H,3-8H2,1-2H3,(H3,14,15,16,17,18). The SMILES string of the molecule is CC(C)Oc1nc(N)nc(NCCOC2CCCC2)n1. The average molecular weight is 281 g/mol. The minimum Gasteiger partial charge on any atom is -0.461 e. The molecule has 0 aliphatic heterocycles. The van der Waals surface area contributed by atoms with Crippen molar-refractivity contribution in [1.82, 2.24) is 15.0 Å². The van der Waals surface area contributed by atoms with Gasteiger partial charge in [0.05, 0.1) is 18.8 Å². The van der Waals surface area contributed by atoms with Gasteiger partial charge in [-0.25, -0.2) is 0 Å². The monoisotopic (exact) mass is 281 g/mol. The highest BCUT2D eigenvalue weighted by molar-refractivity contribution is 5.32. The molecule has 0 unspecified atom stereocenters. The minimum atomic E-state index is -0.00431. The van der Waals surface area contributed by atoms with Crippen LogP contribution in [-0.2, 0) is 4.74 Å². The Morgan fingerprint density at radius 1 is 1.25 bits per heavy atom. The summed E-state index contributed by atoms with van der Waals surface area (Å²) in [5, 5.41) is 3.08. The molecule has 0 saturated heterocycles. The number of nitrogen functional groups attached to an aromatic ring is 1. The molecule has 1 aromatic rings. The number of nitrogens with zero attached hydrogens (tertiary/aromatic N) is 3. The lowest BCUT2D eigenvalue weighted by molar-refractivity contribution is 0.0658. The van der Waals surface area contributed by atoms with Crippen molar-refractivity contribution in [3.05, 3.63) is 0 Å². The van der Waals surface area contributed by atoms with Crippen LogP contribution in [0.25, 0.3) is 0 Å². The number of rotatable bonds is 7. The second kappa shape index (κ2) is 7.23. The van der Waals surface area contributed by atoms with Crippen LogP contribution in [0.2, 0.25) is 0 Å². The maximum atomic E-state index is 5.75. The van der Waals surface area contributed by atoms with Crippen LogP contribution in [0.5, 0.6) is 6.01 Å². The zero-order valence-corrected chi connectivity index (χ0v) is 12.1. The smallest absolute Gasteiger partial charge is 0.323 e. The lowest BCUT2D eigenvalue weighted by Gasteiger charge is -2.12. The second-order valence-electron chi connectivity index (χ2n) is 5.17. The molecular formula is C13H23N5O2. The number of nitrogens with one attached hydrogen (secondary N) is 1. The maximum Gasteiger partial charge on any atom is 0.323 e. The average Bonchev–Trinajstić information content (AvgIpc) is 2.86. The van der Waals surface area contributed by atoms with Gasteiger partial charge in [0.1, 0.15) is 0 Å². The van der Waals surface area contributed by atoms with Gasteiger partial charge in [-0.1, -0.05) is 12.8 Å². The Hall–Kier alpha value is -1.63.